The lowest BCUT2D eigenvalue weighted by Gasteiger charge is -2.15. The largest absolute Gasteiger partial charge is 0.418 e. The molecule has 3 aromatic rings. The molecular formula is C22H20F4N4O2S. The van der Waals surface area contributed by atoms with E-state index in [1.54, 1.807) is 16.7 Å². The van der Waals surface area contributed by atoms with Gasteiger partial charge in [0.05, 0.1) is 29.7 Å². The predicted molar refractivity (Wildman–Crippen MR) is 115 cm³/mol. The van der Waals surface area contributed by atoms with Gasteiger partial charge < -0.3 is 10.1 Å². The molecule has 0 radical (unpaired) electrons. The molecule has 0 bridgehead atoms. The Balaban J connectivity index is 1.51. The fourth-order valence-corrected chi connectivity index (χ4v) is 4.27. The third-order valence-electron chi connectivity index (χ3n) is 5.07. The van der Waals surface area contributed by atoms with Crippen LogP contribution in [0.4, 0.5) is 23.2 Å². The van der Waals surface area contributed by atoms with Gasteiger partial charge in [-0.2, -0.15) is 13.2 Å². The van der Waals surface area contributed by atoms with E-state index in [1.165, 1.54) is 30.3 Å². The number of ether oxygens (including phenoxy) is 1. The number of nitrogens with zero attached hydrogens (tertiary/aromatic N) is 3. The molecule has 1 amide bonds. The van der Waals surface area contributed by atoms with Crippen molar-refractivity contribution < 1.29 is 27.1 Å². The number of benzene rings is 2. The molecule has 1 saturated heterocycles. The Hall–Kier alpha value is -2.92. The summed E-state index contributed by atoms with van der Waals surface area (Å²) in [5, 5.41) is 11.1. The molecule has 2 aromatic carbocycles. The zero-order valence-corrected chi connectivity index (χ0v) is 18.1. The minimum absolute atomic E-state index is 0.0490. The van der Waals surface area contributed by atoms with Gasteiger partial charge in [0, 0.05) is 12.2 Å². The SMILES string of the molecule is O=C(CSc1nnc(-c2ccc(F)cc2)n1CC1CCCO1)Nc1ccccc1C(F)(F)F. The van der Waals surface area contributed by atoms with E-state index < -0.39 is 17.6 Å². The monoisotopic (exact) mass is 480 g/mol. The quantitative estimate of drug-likeness (QED) is 0.380. The third-order valence-corrected chi connectivity index (χ3v) is 6.04. The van der Waals surface area contributed by atoms with Gasteiger partial charge in [-0.1, -0.05) is 23.9 Å². The van der Waals surface area contributed by atoms with E-state index in [2.05, 4.69) is 15.5 Å². The molecule has 1 fully saturated rings. The average Bonchev–Trinajstić information content (AvgIpc) is 3.43. The van der Waals surface area contributed by atoms with Crippen LogP contribution in [-0.2, 0) is 22.3 Å². The van der Waals surface area contributed by atoms with E-state index in [0.717, 1.165) is 30.7 Å². The number of para-hydroxylation sites is 1. The zero-order chi connectivity index (χ0) is 23.4. The molecular weight excluding hydrogens is 460 g/mol. The Labute approximate surface area is 191 Å². The van der Waals surface area contributed by atoms with Gasteiger partial charge in [0.25, 0.3) is 0 Å². The lowest BCUT2D eigenvalue weighted by atomic mass is 10.1. The molecule has 174 valence electrons. The van der Waals surface area contributed by atoms with Crippen molar-refractivity contribution in [2.75, 3.05) is 17.7 Å². The van der Waals surface area contributed by atoms with E-state index in [9.17, 15) is 22.4 Å². The Bertz CT molecular complexity index is 1110. The summed E-state index contributed by atoms with van der Waals surface area (Å²) in [5.41, 5.74) is -0.566. The number of alkyl halides is 3. The second kappa shape index (κ2) is 9.92. The fourth-order valence-electron chi connectivity index (χ4n) is 3.52. The smallest absolute Gasteiger partial charge is 0.376 e. The highest BCUT2D eigenvalue weighted by molar-refractivity contribution is 7.99. The first-order chi connectivity index (χ1) is 15.8. The molecule has 33 heavy (non-hydrogen) atoms. The van der Waals surface area contributed by atoms with E-state index in [-0.39, 0.29) is 23.4 Å². The molecule has 4 rings (SSSR count). The van der Waals surface area contributed by atoms with Crippen molar-refractivity contribution in [3.05, 3.63) is 59.9 Å². The van der Waals surface area contributed by atoms with Crippen LogP contribution in [0.2, 0.25) is 0 Å². The van der Waals surface area contributed by atoms with Crippen LogP contribution < -0.4 is 5.32 Å². The summed E-state index contributed by atoms with van der Waals surface area (Å²) in [6.45, 7) is 1.10. The molecule has 0 aliphatic carbocycles. The average molecular weight is 480 g/mol. The number of anilines is 1. The standard InChI is InChI=1S/C22H20F4N4O2S/c23-15-9-7-14(8-10-15)20-28-29-21(30(20)12-16-4-3-11-32-16)33-13-19(31)27-18-6-2-1-5-17(18)22(24,25)26/h1-2,5-10,16H,3-4,11-13H2,(H,27,31). The molecule has 6 nitrogen and oxygen atoms in total. The van der Waals surface area contributed by atoms with E-state index in [1.807, 2.05) is 0 Å². The molecule has 1 aliphatic rings. The molecule has 0 spiro atoms. The number of amides is 1. The Morgan fingerprint density at radius 2 is 1.91 bits per heavy atom. The number of aromatic nitrogens is 3. The normalized spacial score (nSPS) is 16.2. The van der Waals surface area contributed by atoms with E-state index in [4.69, 9.17) is 4.74 Å². The number of rotatable bonds is 7. The summed E-state index contributed by atoms with van der Waals surface area (Å²) >= 11 is 1.06. The van der Waals surface area contributed by atoms with Gasteiger partial charge in [-0.25, -0.2) is 4.39 Å². The van der Waals surface area contributed by atoms with Gasteiger partial charge in [-0.05, 0) is 49.2 Å². The topological polar surface area (TPSA) is 69.0 Å². The Morgan fingerprint density at radius 1 is 1.15 bits per heavy atom. The first-order valence-electron chi connectivity index (χ1n) is 10.2. The first-order valence-corrected chi connectivity index (χ1v) is 11.2. The maximum Gasteiger partial charge on any atom is 0.418 e. The van der Waals surface area contributed by atoms with Crippen molar-refractivity contribution in [1.29, 1.82) is 0 Å². The summed E-state index contributed by atoms with van der Waals surface area (Å²) in [4.78, 5) is 12.4. The predicted octanol–water partition coefficient (Wildman–Crippen LogP) is 5.01. The van der Waals surface area contributed by atoms with Crippen LogP contribution in [0.15, 0.2) is 53.7 Å². The molecule has 1 aromatic heterocycles. The van der Waals surface area contributed by atoms with Gasteiger partial charge in [0.2, 0.25) is 5.91 Å². The van der Waals surface area contributed by atoms with Crippen LogP contribution >= 0.6 is 11.8 Å². The van der Waals surface area contributed by atoms with Crippen molar-refractivity contribution in [2.24, 2.45) is 0 Å². The number of nitrogens with one attached hydrogen (secondary N) is 1. The van der Waals surface area contributed by atoms with Crippen molar-refractivity contribution in [3.63, 3.8) is 0 Å². The summed E-state index contributed by atoms with van der Waals surface area (Å²) in [6, 6.07) is 10.6. The van der Waals surface area contributed by atoms with E-state index >= 15 is 0 Å². The molecule has 1 aliphatic heterocycles. The third kappa shape index (κ3) is 5.72. The molecule has 0 saturated carbocycles. The van der Waals surface area contributed by atoms with Gasteiger partial charge in [0.15, 0.2) is 11.0 Å². The molecule has 11 heteroatoms. The van der Waals surface area contributed by atoms with E-state index in [0.29, 0.717) is 29.7 Å². The molecule has 1 unspecified atom stereocenters. The van der Waals surface area contributed by atoms with Crippen LogP contribution in [0, 0.1) is 5.82 Å². The second-order valence-corrected chi connectivity index (χ2v) is 8.38. The van der Waals surface area contributed by atoms with Crippen LogP contribution in [0.5, 0.6) is 0 Å². The van der Waals surface area contributed by atoms with Crippen molar-refractivity contribution in [3.8, 4) is 11.4 Å². The molecule has 1 N–H and O–H groups in total. The molecule has 2 heterocycles. The number of carbonyl (C=O) groups is 1. The maximum absolute atomic E-state index is 13.3. The van der Waals surface area contributed by atoms with Gasteiger partial charge in [0.1, 0.15) is 5.82 Å². The molecule has 1 atom stereocenters. The lowest BCUT2D eigenvalue weighted by Crippen LogP contribution is -2.19. The van der Waals surface area contributed by atoms with Crippen LogP contribution in [0.1, 0.15) is 18.4 Å². The first kappa shape index (κ1) is 23.2. The summed E-state index contributed by atoms with van der Waals surface area (Å²) in [6.07, 6.45) is -2.84. The van der Waals surface area contributed by atoms with Crippen LogP contribution in [0.25, 0.3) is 11.4 Å². The summed E-state index contributed by atoms with van der Waals surface area (Å²) in [5.74, 6) is -0.656. The van der Waals surface area contributed by atoms with Gasteiger partial charge >= 0.3 is 6.18 Å². The van der Waals surface area contributed by atoms with Crippen LogP contribution in [-0.4, -0.2) is 39.1 Å². The van der Waals surface area contributed by atoms with Crippen molar-refractivity contribution in [1.82, 2.24) is 14.8 Å². The number of hydrogen-bond donors (Lipinski definition) is 1. The number of carbonyl (C=O) groups excluding carboxylic acids is 1. The number of hydrogen-bond acceptors (Lipinski definition) is 5. The highest BCUT2D eigenvalue weighted by Gasteiger charge is 2.33. The zero-order valence-electron chi connectivity index (χ0n) is 17.3. The number of thioether (sulfide) groups is 1. The fraction of sp³-hybridized carbons (Fsp3) is 0.318. The Kier molecular flexibility index (Phi) is 6.99. The van der Waals surface area contributed by atoms with Crippen molar-refractivity contribution in [2.45, 2.75) is 36.8 Å². The summed E-state index contributed by atoms with van der Waals surface area (Å²) in [7, 11) is 0. The highest BCUT2D eigenvalue weighted by atomic mass is 32.2. The lowest BCUT2D eigenvalue weighted by molar-refractivity contribution is -0.137. The maximum atomic E-state index is 13.3. The minimum atomic E-state index is -4.58. The van der Waals surface area contributed by atoms with Crippen LogP contribution in [0.3, 0.4) is 0 Å². The van der Waals surface area contributed by atoms with Crippen molar-refractivity contribution >= 4 is 23.4 Å². The minimum Gasteiger partial charge on any atom is -0.376 e. The summed E-state index contributed by atoms with van der Waals surface area (Å²) < 4.78 is 60.4. The van der Waals surface area contributed by atoms with Gasteiger partial charge in [-0.15, -0.1) is 10.2 Å². The Morgan fingerprint density at radius 3 is 2.61 bits per heavy atom. The second-order valence-electron chi connectivity index (χ2n) is 7.44. The highest BCUT2D eigenvalue weighted by Crippen LogP contribution is 2.35. The number of halogens is 4. The van der Waals surface area contributed by atoms with Gasteiger partial charge in [-0.3, -0.25) is 9.36 Å².